The first-order chi connectivity index (χ1) is 20.0. The van der Waals surface area contributed by atoms with Crippen LogP contribution in [-0.4, -0.2) is 56.5 Å². The van der Waals surface area contributed by atoms with Crippen molar-refractivity contribution in [3.05, 3.63) is 87.5 Å². The number of thiazole rings is 2. The number of aliphatic carboxylic acids is 1. The van der Waals surface area contributed by atoms with Gasteiger partial charge in [-0.3, -0.25) is 19.5 Å². The fraction of sp³-hybridized carbons (Fsp3) is 0.148. The number of nitrogens with zero attached hydrogens (tertiary/aromatic N) is 5. The molecule has 0 radical (unpaired) electrons. The summed E-state index contributed by atoms with van der Waals surface area (Å²) in [7, 11) is 0. The number of aromatic amines is 1. The Labute approximate surface area is 241 Å². The van der Waals surface area contributed by atoms with Crippen LogP contribution in [0.25, 0.3) is 27.6 Å². The molecule has 2 aromatic carbocycles. The van der Waals surface area contributed by atoms with Crippen molar-refractivity contribution in [2.75, 3.05) is 19.8 Å². The SMILES string of the molecule is O=C(O)CCOCCNC(=O)c1ccc(-c2csc(-n3[nH]c(-c4ccccc4)c(N=Nc4nccs4)c3=O)n2)cc1. The van der Waals surface area contributed by atoms with Gasteiger partial charge in [0.2, 0.25) is 10.3 Å². The first kappa shape index (κ1) is 27.8. The third-order valence-electron chi connectivity index (χ3n) is 5.70. The summed E-state index contributed by atoms with van der Waals surface area (Å²) in [6, 6.07) is 16.3. The second-order valence-corrected chi connectivity index (χ2v) is 10.2. The molecule has 12 nitrogen and oxygen atoms in total. The van der Waals surface area contributed by atoms with E-state index in [0.29, 0.717) is 27.2 Å². The maximum atomic E-state index is 13.4. The molecule has 1 amide bonds. The van der Waals surface area contributed by atoms with Gasteiger partial charge in [0.15, 0.2) is 5.69 Å². The van der Waals surface area contributed by atoms with Gasteiger partial charge in [-0.15, -0.1) is 32.9 Å². The van der Waals surface area contributed by atoms with Crippen LogP contribution in [0.15, 0.2) is 86.6 Å². The second kappa shape index (κ2) is 13.0. The highest BCUT2D eigenvalue weighted by atomic mass is 32.1. The minimum atomic E-state index is -0.933. The maximum absolute atomic E-state index is 13.4. The van der Waals surface area contributed by atoms with E-state index in [-0.39, 0.29) is 37.8 Å². The average molecular weight is 590 g/mol. The number of rotatable bonds is 12. The molecule has 208 valence electrons. The van der Waals surface area contributed by atoms with Crippen LogP contribution in [0.5, 0.6) is 0 Å². The number of ether oxygens (including phenoxy) is 1. The summed E-state index contributed by atoms with van der Waals surface area (Å²) in [5.41, 5.74) is 2.89. The van der Waals surface area contributed by atoms with Crippen LogP contribution in [0.3, 0.4) is 0 Å². The lowest BCUT2D eigenvalue weighted by atomic mass is 10.1. The fourth-order valence-corrected chi connectivity index (χ4v) is 4.96. The highest BCUT2D eigenvalue weighted by Gasteiger charge is 2.19. The number of hydrogen-bond acceptors (Lipinski definition) is 10. The summed E-state index contributed by atoms with van der Waals surface area (Å²) in [4.78, 5) is 45.0. The molecular formula is C27H23N7O5S2. The number of nitrogens with one attached hydrogen (secondary N) is 2. The molecule has 0 bridgehead atoms. The summed E-state index contributed by atoms with van der Waals surface area (Å²) in [5.74, 6) is -1.21. The summed E-state index contributed by atoms with van der Waals surface area (Å²) >= 11 is 2.60. The number of hydrogen-bond donors (Lipinski definition) is 3. The van der Waals surface area contributed by atoms with Crippen molar-refractivity contribution in [2.24, 2.45) is 10.2 Å². The number of carboxylic acid groups (broad SMARTS) is 1. The number of benzene rings is 2. The zero-order valence-electron chi connectivity index (χ0n) is 21.4. The molecular weight excluding hydrogens is 566 g/mol. The number of carbonyl (C=O) groups is 2. The van der Waals surface area contributed by atoms with Crippen molar-refractivity contribution < 1.29 is 19.4 Å². The minimum absolute atomic E-state index is 0.0833. The monoisotopic (exact) mass is 589 g/mol. The largest absolute Gasteiger partial charge is 0.481 e. The number of carbonyl (C=O) groups excluding carboxylic acids is 1. The van der Waals surface area contributed by atoms with Crippen LogP contribution in [0.2, 0.25) is 0 Å². The van der Waals surface area contributed by atoms with E-state index >= 15 is 0 Å². The molecule has 0 aliphatic heterocycles. The van der Waals surface area contributed by atoms with E-state index in [1.807, 2.05) is 35.7 Å². The average Bonchev–Trinajstić information content (AvgIpc) is 3.75. The highest BCUT2D eigenvalue weighted by Crippen LogP contribution is 2.30. The Kier molecular flexibility index (Phi) is 8.83. The number of aromatic nitrogens is 4. The van der Waals surface area contributed by atoms with Gasteiger partial charge >= 0.3 is 11.5 Å². The Hall–Kier alpha value is -4.79. The summed E-state index contributed by atoms with van der Waals surface area (Å²) in [6.07, 6.45) is 1.53. The van der Waals surface area contributed by atoms with Gasteiger partial charge in [-0.05, 0) is 12.1 Å². The van der Waals surface area contributed by atoms with E-state index in [4.69, 9.17) is 9.84 Å². The van der Waals surface area contributed by atoms with E-state index in [1.165, 1.54) is 27.4 Å². The fourth-order valence-electron chi connectivity index (χ4n) is 3.71. The number of azo groups is 1. The molecule has 0 unspecified atom stereocenters. The second-order valence-electron chi connectivity index (χ2n) is 8.46. The molecule has 5 aromatic rings. The molecule has 0 aliphatic rings. The summed E-state index contributed by atoms with van der Waals surface area (Å²) in [5, 5.41) is 27.3. The molecule has 3 N–H and O–H groups in total. The zero-order chi connectivity index (χ0) is 28.6. The van der Waals surface area contributed by atoms with Crippen molar-refractivity contribution in [1.82, 2.24) is 25.1 Å². The summed E-state index contributed by atoms with van der Waals surface area (Å²) < 4.78 is 6.52. The zero-order valence-corrected chi connectivity index (χ0v) is 23.0. The molecule has 0 aliphatic carbocycles. The van der Waals surface area contributed by atoms with E-state index < -0.39 is 11.5 Å². The molecule has 0 fully saturated rings. The van der Waals surface area contributed by atoms with Gasteiger partial charge in [-0.25, -0.2) is 9.97 Å². The Bertz CT molecular complexity index is 1710. The van der Waals surface area contributed by atoms with E-state index in [0.717, 1.165) is 11.1 Å². The van der Waals surface area contributed by atoms with Crippen LogP contribution in [0.4, 0.5) is 10.8 Å². The number of H-pyrrole nitrogens is 1. The number of amides is 1. The van der Waals surface area contributed by atoms with Crippen molar-refractivity contribution in [1.29, 1.82) is 0 Å². The molecule has 41 heavy (non-hydrogen) atoms. The predicted molar refractivity (Wildman–Crippen MR) is 155 cm³/mol. The third-order valence-corrected chi connectivity index (χ3v) is 7.18. The number of carboxylic acids is 1. The van der Waals surface area contributed by atoms with Crippen LogP contribution < -0.4 is 10.9 Å². The predicted octanol–water partition coefficient (Wildman–Crippen LogP) is 5.05. The molecule has 0 spiro atoms. The van der Waals surface area contributed by atoms with Crippen LogP contribution in [0, 0.1) is 0 Å². The van der Waals surface area contributed by atoms with Gasteiger partial charge in [-0.1, -0.05) is 42.5 Å². The lowest BCUT2D eigenvalue weighted by Crippen LogP contribution is -2.27. The van der Waals surface area contributed by atoms with E-state index in [9.17, 15) is 14.4 Å². The van der Waals surface area contributed by atoms with Gasteiger partial charge in [0.1, 0.15) is 0 Å². The van der Waals surface area contributed by atoms with Gasteiger partial charge in [0.25, 0.3) is 5.91 Å². The lowest BCUT2D eigenvalue weighted by molar-refractivity contribution is -0.138. The quantitative estimate of drug-likeness (QED) is 0.135. The first-order valence-electron chi connectivity index (χ1n) is 12.4. The molecule has 3 aromatic heterocycles. The Balaban J connectivity index is 1.32. The highest BCUT2D eigenvalue weighted by molar-refractivity contribution is 7.13. The normalized spacial score (nSPS) is 11.2. The minimum Gasteiger partial charge on any atom is -0.481 e. The first-order valence-corrected chi connectivity index (χ1v) is 14.1. The van der Waals surface area contributed by atoms with Crippen molar-refractivity contribution in [3.63, 3.8) is 0 Å². The van der Waals surface area contributed by atoms with Crippen molar-refractivity contribution in [2.45, 2.75) is 6.42 Å². The molecule has 0 saturated carbocycles. The Morgan fingerprint density at radius 3 is 2.56 bits per heavy atom. The van der Waals surface area contributed by atoms with Crippen molar-refractivity contribution >= 4 is 45.4 Å². The third kappa shape index (κ3) is 6.87. The van der Waals surface area contributed by atoms with Gasteiger partial charge in [0.05, 0.1) is 31.0 Å². The van der Waals surface area contributed by atoms with Crippen LogP contribution in [-0.2, 0) is 9.53 Å². The van der Waals surface area contributed by atoms with Crippen molar-refractivity contribution in [3.8, 4) is 27.6 Å². The van der Waals surface area contributed by atoms with E-state index in [1.54, 1.807) is 35.8 Å². The van der Waals surface area contributed by atoms with Crippen LogP contribution in [0.1, 0.15) is 16.8 Å². The molecule has 14 heteroatoms. The lowest BCUT2D eigenvalue weighted by Gasteiger charge is -2.06. The Morgan fingerprint density at radius 2 is 1.83 bits per heavy atom. The Morgan fingerprint density at radius 1 is 1.02 bits per heavy atom. The van der Waals surface area contributed by atoms with Crippen LogP contribution >= 0.6 is 22.7 Å². The molecule has 0 atom stereocenters. The molecule has 5 rings (SSSR count). The van der Waals surface area contributed by atoms with E-state index in [2.05, 4.69) is 30.6 Å². The maximum Gasteiger partial charge on any atom is 0.305 e. The summed E-state index contributed by atoms with van der Waals surface area (Å²) in [6.45, 7) is 0.573. The topological polar surface area (TPSA) is 164 Å². The van der Waals surface area contributed by atoms with Gasteiger partial charge in [0, 0.05) is 40.2 Å². The smallest absolute Gasteiger partial charge is 0.305 e. The molecule has 0 saturated heterocycles. The van der Waals surface area contributed by atoms with Gasteiger partial charge in [-0.2, -0.15) is 4.68 Å². The molecule has 3 heterocycles. The standard InChI is InChI=1S/C27H23N7O5S2/c35-21(36)10-13-39-14-11-28-24(37)19-8-6-17(7-9-19)20-16-41-27(30-20)34-25(38)23(31-32-26-29-12-15-40-26)22(33-34)18-4-2-1-3-5-18/h1-9,12,15-16,33H,10-11,13-14H2,(H,28,37)(H,35,36). The van der Waals surface area contributed by atoms with Gasteiger partial charge < -0.3 is 15.2 Å².